The Morgan fingerprint density at radius 2 is 1.06 bits per heavy atom. The molecule has 0 atom stereocenters. The van der Waals surface area contributed by atoms with E-state index in [0.717, 1.165) is 5.73 Å². The summed E-state index contributed by atoms with van der Waals surface area (Å²) in [6, 6.07) is 0. The van der Waals surface area contributed by atoms with E-state index < -0.39 is 29.5 Å². The molecule has 0 aromatic carbocycles. The molecule has 0 amide bonds. The minimum atomic E-state index is -2.17. The van der Waals surface area contributed by atoms with E-state index in [1.165, 1.54) is 0 Å². The van der Waals surface area contributed by atoms with Crippen LogP contribution in [-0.4, -0.2) is 24.4 Å². The molecule has 1 aliphatic carbocycles. The fraction of sp³-hybridized carbons (Fsp3) is 0. The zero-order valence-electron chi connectivity index (χ0n) is 6.85. The maximum absolute atomic E-state index is 12.0. The quantitative estimate of drug-likeness (QED) is 0.170. The van der Waals surface area contributed by atoms with Crippen LogP contribution in [0.5, 0.6) is 0 Å². The van der Waals surface area contributed by atoms with Crippen LogP contribution in [0.3, 0.4) is 0 Å². The number of halogens is 9. The smallest absolute Gasteiger partial charge is 0.270 e. The average Bonchev–Trinajstić information content (AvgIpc) is 1.97. The Balaban J connectivity index is -0.0000000807. The molecule has 0 aromatic heterocycles. The third kappa shape index (κ3) is 6.87. The number of allylic oxidation sites excluding steroid dienone is 3. The molecule has 4 radical (unpaired) electrons. The van der Waals surface area contributed by atoms with Crippen LogP contribution in [-0.2, 0) is 0 Å². The van der Waals surface area contributed by atoms with Gasteiger partial charge in [0.25, 0.3) is 6.17 Å². The van der Waals surface area contributed by atoms with Crippen LogP contribution in [0, 0.1) is 6.17 Å². The van der Waals surface area contributed by atoms with Crippen molar-refractivity contribution < 1.29 is 80.7 Å². The molecule has 0 heterocycles. The number of rotatable bonds is 0. The molecule has 1 rings (SSSR count). The minimum Gasteiger partial charge on any atom is -1.00 e. The maximum atomic E-state index is 12.0. The Morgan fingerprint density at radius 1 is 0.688 bits per heavy atom. The van der Waals surface area contributed by atoms with Gasteiger partial charge < -0.3 is 58.8 Å². The van der Waals surface area contributed by atoms with Crippen LogP contribution < -0.4 is 58.8 Å². The molecule has 96 valence electrons. The molecule has 1 aliphatic rings. The van der Waals surface area contributed by atoms with E-state index in [1.807, 2.05) is 0 Å². The van der Waals surface area contributed by atoms with Crippen molar-refractivity contribution in [3.8, 4) is 0 Å². The van der Waals surface area contributed by atoms with Crippen molar-refractivity contribution in [1.29, 1.82) is 0 Å². The second-order valence-electron chi connectivity index (χ2n) is 1.69. The van der Waals surface area contributed by atoms with E-state index in [1.54, 1.807) is 0 Å². The molecule has 0 bridgehead atoms. The molecule has 16 heavy (non-hydrogen) atoms. The normalized spacial score (nSPS) is 13.8. The monoisotopic (exact) mass is 516 g/mol. The first-order valence-electron chi connectivity index (χ1n) is 2.44. The molecule has 0 saturated heterocycles. The predicted molar refractivity (Wildman–Crippen MR) is 32.1 cm³/mol. The molecule has 10 heteroatoms. The summed E-state index contributed by atoms with van der Waals surface area (Å²) in [6.45, 7) is 0. The fourth-order valence-electron chi connectivity index (χ4n) is 0.495. The number of hydrogen-bond donors (Lipinski definition) is 0. The van der Waals surface area contributed by atoms with Gasteiger partial charge in [-0.2, -0.15) is 13.2 Å². The Hall–Kier alpha value is 1.27. The van der Waals surface area contributed by atoms with Crippen molar-refractivity contribution in [2.75, 3.05) is 0 Å². The second kappa shape index (κ2) is 12.7. The summed E-state index contributed by atoms with van der Waals surface area (Å²) in [6.07, 6.45) is -2.07. The van der Waals surface area contributed by atoms with Crippen LogP contribution in [0.4, 0.5) is 22.0 Å². The van der Waals surface area contributed by atoms with Gasteiger partial charge in [-0.25, -0.2) is 8.78 Å². The molecule has 0 aromatic rings. The van der Waals surface area contributed by atoms with E-state index in [-0.39, 0.29) is 83.2 Å². The van der Waals surface area contributed by atoms with Gasteiger partial charge in [0.05, 0.1) is 0 Å². The van der Waals surface area contributed by atoms with Crippen LogP contribution in [0.2, 0.25) is 0 Å². The van der Waals surface area contributed by atoms with Gasteiger partial charge in [-0.1, -0.05) is 0 Å². The van der Waals surface area contributed by atoms with Crippen LogP contribution in [0.1, 0.15) is 0 Å². The zero-order valence-corrected chi connectivity index (χ0v) is 14.1. The van der Waals surface area contributed by atoms with Gasteiger partial charge in [0.2, 0.25) is 11.7 Å². The molecule has 0 fully saturated rings. The van der Waals surface area contributed by atoms with Gasteiger partial charge in [-0.05, 0) is 5.73 Å². The summed E-state index contributed by atoms with van der Waals surface area (Å²) >= 11 is 0. The van der Waals surface area contributed by atoms with Gasteiger partial charge in [-0.15, -0.1) is 0 Å². The molecule has 0 saturated carbocycles. The molecule has 0 nitrogen and oxygen atoms in total. The molecular formula is C6Br2Cl2F5Sb-4. The topological polar surface area (TPSA) is 0 Å². The van der Waals surface area contributed by atoms with Crippen molar-refractivity contribution in [2.24, 2.45) is 0 Å². The van der Waals surface area contributed by atoms with Gasteiger partial charge in [0.1, 0.15) is 0 Å². The van der Waals surface area contributed by atoms with Crippen molar-refractivity contribution in [1.82, 2.24) is 0 Å². The Bertz CT molecular complexity index is 303. The second-order valence-corrected chi connectivity index (χ2v) is 1.69. The minimum absolute atomic E-state index is 0. The summed E-state index contributed by atoms with van der Waals surface area (Å²) in [5.41, 5.74) is 1.02. The first kappa shape index (κ1) is 30.4. The predicted octanol–water partition coefficient (Wildman–Crippen LogP) is -9.41. The third-order valence-corrected chi connectivity index (χ3v) is 0.990. The molecule has 0 N–H and O–H groups in total. The number of hydrogen-bond acceptors (Lipinski definition) is 0. The van der Waals surface area contributed by atoms with E-state index in [4.69, 9.17) is 0 Å². The first-order chi connectivity index (χ1) is 5.04. The first-order valence-corrected chi connectivity index (χ1v) is 2.44. The summed E-state index contributed by atoms with van der Waals surface area (Å²) in [5, 5.41) is 0. The van der Waals surface area contributed by atoms with E-state index >= 15 is 0 Å². The van der Waals surface area contributed by atoms with E-state index in [0.29, 0.717) is 0 Å². The fourth-order valence-corrected chi connectivity index (χ4v) is 0.495. The largest absolute Gasteiger partial charge is 1.00 e. The van der Waals surface area contributed by atoms with Crippen LogP contribution in [0.25, 0.3) is 0 Å². The molecule has 0 aliphatic heterocycles. The summed E-state index contributed by atoms with van der Waals surface area (Å²) in [4.78, 5) is 0. The molecule has 0 spiro atoms. The van der Waals surface area contributed by atoms with Crippen LogP contribution in [0.15, 0.2) is 29.0 Å². The molecular weight excluding hydrogens is 520 g/mol. The van der Waals surface area contributed by atoms with E-state index in [9.17, 15) is 22.0 Å². The Morgan fingerprint density at radius 3 is 1.44 bits per heavy atom. The SMILES string of the molecule is F[C]1C(F)=C=C(F)C(F)=C1F.[Br-].[Br-].[Cl-].[Cl-].[Sb]. The summed E-state index contributed by atoms with van der Waals surface area (Å²) in [5.74, 6) is -7.98. The van der Waals surface area contributed by atoms with Gasteiger partial charge in [0, 0.05) is 24.4 Å². The van der Waals surface area contributed by atoms with Crippen molar-refractivity contribution in [3.63, 3.8) is 0 Å². The summed E-state index contributed by atoms with van der Waals surface area (Å²) < 4.78 is 59.9. The zero-order chi connectivity index (χ0) is 8.59. The Labute approximate surface area is 139 Å². The van der Waals surface area contributed by atoms with Crippen LogP contribution >= 0.6 is 0 Å². The average molecular weight is 520 g/mol. The maximum Gasteiger partial charge on any atom is 0.270 e. The summed E-state index contributed by atoms with van der Waals surface area (Å²) in [7, 11) is 0. The standard InChI is InChI=1S/C6F5.2BrH.2ClH.Sb/c7-2-1-3(8)5(10)6(11)4(2)9;;;;;/h;4*1H;/p-4. The van der Waals surface area contributed by atoms with Crippen molar-refractivity contribution >= 4 is 24.4 Å². The van der Waals surface area contributed by atoms with Crippen molar-refractivity contribution in [2.45, 2.75) is 0 Å². The van der Waals surface area contributed by atoms with Gasteiger partial charge in [-0.3, -0.25) is 0 Å². The van der Waals surface area contributed by atoms with E-state index in [2.05, 4.69) is 0 Å². The van der Waals surface area contributed by atoms with Gasteiger partial charge >= 0.3 is 0 Å². The van der Waals surface area contributed by atoms with Gasteiger partial charge in [0.15, 0.2) is 11.7 Å². The Kier molecular flexibility index (Phi) is 24.1. The molecule has 0 unspecified atom stereocenters. The van der Waals surface area contributed by atoms with Crippen molar-refractivity contribution in [3.05, 3.63) is 35.2 Å². The third-order valence-electron chi connectivity index (χ3n) is 0.990.